The Bertz CT molecular complexity index is 736. The molecule has 0 fully saturated rings. The van der Waals surface area contributed by atoms with Gasteiger partial charge in [-0.25, -0.2) is 4.79 Å². The van der Waals surface area contributed by atoms with E-state index in [0.717, 1.165) is 0 Å². The van der Waals surface area contributed by atoms with Crippen molar-refractivity contribution in [1.29, 1.82) is 0 Å². The Balaban J connectivity index is 2.12. The molecule has 0 saturated carbocycles. The van der Waals surface area contributed by atoms with Crippen molar-refractivity contribution in [2.24, 2.45) is 10.9 Å². The van der Waals surface area contributed by atoms with Crippen LogP contribution in [0.2, 0.25) is 0 Å². The quantitative estimate of drug-likeness (QED) is 0.380. The zero-order valence-electron chi connectivity index (χ0n) is 12.6. The monoisotopic (exact) mass is 336 g/mol. The minimum absolute atomic E-state index is 0.0218. The summed E-state index contributed by atoms with van der Waals surface area (Å²) in [7, 11) is 1.26. The Kier molecular flexibility index (Phi) is 5.67. The molecular formula is C16H14F2N2O4. The van der Waals surface area contributed by atoms with Crippen LogP contribution in [-0.4, -0.2) is 25.5 Å². The van der Waals surface area contributed by atoms with E-state index < -0.39 is 12.6 Å². The van der Waals surface area contributed by atoms with Gasteiger partial charge in [-0.3, -0.25) is 0 Å². The van der Waals surface area contributed by atoms with Crippen molar-refractivity contribution in [2.45, 2.75) is 6.61 Å². The number of nitrogens with zero attached hydrogens (tertiary/aromatic N) is 1. The maximum absolute atomic E-state index is 12.3. The van der Waals surface area contributed by atoms with E-state index >= 15 is 0 Å². The molecule has 2 rings (SSSR count). The zero-order chi connectivity index (χ0) is 17.5. The number of hydrogen-bond donors (Lipinski definition) is 1. The lowest BCUT2D eigenvalue weighted by Crippen LogP contribution is -2.15. The third-order valence-electron chi connectivity index (χ3n) is 2.91. The number of carbonyl (C=O) groups excluding carboxylic acids is 1. The van der Waals surface area contributed by atoms with Crippen LogP contribution in [-0.2, 0) is 4.84 Å². The summed E-state index contributed by atoms with van der Waals surface area (Å²) in [4.78, 5) is 16.7. The fourth-order valence-corrected chi connectivity index (χ4v) is 1.79. The van der Waals surface area contributed by atoms with E-state index in [9.17, 15) is 13.6 Å². The number of oxime groups is 1. The third-order valence-corrected chi connectivity index (χ3v) is 2.91. The smallest absolute Gasteiger partial charge is 0.387 e. The van der Waals surface area contributed by atoms with E-state index in [2.05, 4.69) is 9.89 Å². The van der Waals surface area contributed by atoms with Crippen LogP contribution in [0.25, 0.3) is 0 Å². The first-order valence-corrected chi connectivity index (χ1v) is 6.74. The number of carbonyl (C=O) groups is 1. The molecule has 0 radical (unpaired) electrons. The summed E-state index contributed by atoms with van der Waals surface area (Å²) < 4.78 is 33.7. The van der Waals surface area contributed by atoms with E-state index in [4.69, 9.17) is 15.3 Å². The fraction of sp³-hybridized carbons (Fsp3) is 0.125. The maximum atomic E-state index is 12.3. The lowest BCUT2D eigenvalue weighted by atomic mass is 10.2. The van der Waals surface area contributed by atoms with Crippen molar-refractivity contribution in [3.63, 3.8) is 0 Å². The number of methoxy groups -OCH3 is 1. The van der Waals surface area contributed by atoms with Crippen molar-refractivity contribution in [1.82, 2.24) is 0 Å². The highest BCUT2D eigenvalue weighted by molar-refractivity contribution is 5.98. The predicted octanol–water partition coefficient (Wildman–Crippen LogP) is 2.77. The Labute approximate surface area is 136 Å². The molecule has 0 heterocycles. The minimum Gasteiger partial charge on any atom is -0.493 e. The van der Waals surface area contributed by atoms with Crippen molar-refractivity contribution < 1.29 is 27.9 Å². The number of nitrogens with two attached hydrogens (primary N) is 1. The van der Waals surface area contributed by atoms with E-state index in [1.165, 1.54) is 25.3 Å². The Morgan fingerprint density at radius 3 is 2.42 bits per heavy atom. The van der Waals surface area contributed by atoms with Crippen molar-refractivity contribution >= 4 is 11.8 Å². The van der Waals surface area contributed by atoms with Crippen LogP contribution >= 0.6 is 0 Å². The molecule has 0 aliphatic carbocycles. The van der Waals surface area contributed by atoms with Gasteiger partial charge in [-0.1, -0.05) is 35.5 Å². The molecule has 0 aliphatic heterocycles. The molecule has 0 unspecified atom stereocenters. The van der Waals surface area contributed by atoms with Crippen LogP contribution in [0.3, 0.4) is 0 Å². The Hall–Kier alpha value is -3.16. The number of alkyl halides is 2. The summed E-state index contributed by atoms with van der Waals surface area (Å²) in [5.41, 5.74) is 6.33. The number of benzene rings is 2. The molecule has 0 aromatic heterocycles. The van der Waals surface area contributed by atoms with E-state index in [-0.39, 0.29) is 22.9 Å². The lowest BCUT2D eigenvalue weighted by molar-refractivity contribution is -0.0512. The normalized spacial score (nSPS) is 11.2. The Morgan fingerprint density at radius 2 is 1.79 bits per heavy atom. The first-order chi connectivity index (χ1) is 11.5. The predicted molar refractivity (Wildman–Crippen MR) is 82.2 cm³/mol. The van der Waals surface area contributed by atoms with Crippen LogP contribution < -0.4 is 15.2 Å². The van der Waals surface area contributed by atoms with E-state index in [1.54, 1.807) is 30.3 Å². The van der Waals surface area contributed by atoms with Crippen LogP contribution in [0.4, 0.5) is 8.78 Å². The summed E-state index contributed by atoms with van der Waals surface area (Å²) in [6.07, 6.45) is 0. The molecule has 0 amide bonds. The summed E-state index contributed by atoms with van der Waals surface area (Å²) in [5.74, 6) is -1.04. The average molecular weight is 336 g/mol. The molecule has 2 N–H and O–H groups in total. The van der Waals surface area contributed by atoms with Crippen molar-refractivity contribution in [3.05, 3.63) is 59.7 Å². The average Bonchev–Trinajstić information content (AvgIpc) is 2.60. The highest BCUT2D eigenvalue weighted by Crippen LogP contribution is 2.29. The molecule has 0 atom stereocenters. The molecule has 126 valence electrons. The summed E-state index contributed by atoms with van der Waals surface area (Å²) in [6.45, 7) is -3.01. The van der Waals surface area contributed by atoms with Gasteiger partial charge in [0.25, 0.3) is 0 Å². The van der Waals surface area contributed by atoms with Crippen LogP contribution in [0.15, 0.2) is 53.7 Å². The van der Waals surface area contributed by atoms with Crippen molar-refractivity contribution in [3.8, 4) is 11.5 Å². The topological polar surface area (TPSA) is 83.1 Å². The molecule has 2 aromatic rings. The highest BCUT2D eigenvalue weighted by atomic mass is 19.3. The molecule has 0 spiro atoms. The van der Waals surface area contributed by atoms with Gasteiger partial charge >= 0.3 is 12.6 Å². The molecule has 24 heavy (non-hydrogen) atoms. The summed E-state index contributed by atoms with van der Waals surface area (Å²) in [5, 5.41) is 3.55. The summed E-state index contributed by atoms with van der Waals surface area (Å²) >= 11 is 0. The van der Waals surface area contributed by atoms with E-state index in [1.807, 2.05) is 0 Å². The second-order valence-electron chi connectivity index (χ2n) is 4.47. The van der Waals surface area contributed by atoms with Gasteiger partial charge in [0.2, 0.25) is 0 Å². The molecular weight excluding hydrogens is 322 g/mol. The van der Waals surface area contributed by atoms with Gasteiger partial charge in [0.1, 0.15) is 0 Å². The number of halogens is 2. The molecule has 0 bridgehead atoms. The molecule has 2 aromatic carbocycles. The minimum atomic E-state index is -3.01. The fourth-order valence-electron chi connectivity index (χ4n) is 1.79. The SMILES string of the molecule is COc1cc(C(=O)O/N=C(\N)c2ccccc2)ccc1OC(F)F. The summed E-state index contributed by atoms with van der Waals surface area (Å²) in [6, 6.07) is 12.3. The first kappa shape index (κ1) is 17.2. The van der Waals surface area contributed by atoms with Gasteiger partial charge in [0, 0.05) is 5.56 Å². The molecule has 0 saturated heterocycles. The van der Waals surface area contributed by atoms with Gasteiger partial charge in [-0.05, 0) is 18.2 Å². The van der Waals surface area contributed by atoms with Crippen LogP contribution in [0.5, 0.6) is 11.5 Å². The van der Waals surface area contributed by atoms with Gasteiger partial charge in [-0.2, -0.15) is 8.78 Å². The Morgan fingerprint density at radius 1 is 1.08 bits per heavy atom. The van der Waals surface area contributed by atoms with Crippen molar-refractivity contribution in [2.75, 3.05) is 7.11 Å². The maximum Gasteiger partial charge on any atom is 0.387 e. The largest absolute Gasteiger partial charge is 0.493 e. The van der Waals surface area contributed by atoms with Crippen LogP contribution in [0.1, 0.15) is 15.9 Å². The highest BCUT2D eigenvalue weighted by Gasteiger charge is 2.15. The number of amidine groups is 1. The second-order valence-corrected chi connectivity index (χ2v) is 4.47. The van der Waals surface area contributed by atoms with Crippen LogP contribution in [0, 0.1) is 0 Å². The van der Waals surface area contributed by atoms with E-state index in [0.29, 0.717) is 5.56 Å². The standard InChI is InChI=1S/C16H14F2N2O4/c1-22-13-9-11(7-8-12(13)23-16(17)18)15(21)24-20-14(19)10-5-3-2-4-6-10/h2-9,16H,1H3,(H2,19,20). The van der Waals surface area contributed by atoms with Gasteiger partial charge < -0.3 is 20.0 Å². The number of hydrogen-bond acceptors (Lipinski definition) is 5. The number of rotatable bonds is 6. The molecule has 0 aliphatic rings. The second kappa shape index (κ2) is 7.91. The zero-order valence-corrected chi connectivity index (χ0v) is 12.6. The molecule has 6 nitrogen and oxygen atoms in total. The third kappa shape index (κ3) is 4.42. The molecule has 8 heteroatoms. The lowest BCUT2D eigenvalue weighted by Gasteiger charge is -2.10. The van der Waals surface area contributed by atoms with Gasteiger partial charge in [0.05, 0.1) is 12.7 Å². The van der Waals surface area contributed by atoms with Gasteiger partial charge in [-0.15, -0.1) is 0 Å². The first-order valence-electron chi connectivity index (χ1n) is 6.74. The van der Waals surface area contributed by atoms with Gasteiger partial charge in [0.15, 0.2) is 17.3 Å². The number of ether oxygens (including phenoxy) is 2.